The van der Waals surface area contributed by atoms with Crippen LogP contribution in [-0.2, 0) is 5.41 Å². The first-order valence-electron chi connectivity index (χ1n) is 13.9. The van der Waals surface area contributed by atoms with Gasteiger partial charge in [0.15, 0.2) is 5.13 Å². The molecule has 2 amide bonds. The van der Waals surface area contributed by atoms with Crippen molar-refractivity contribution in [3.05, 3.63) is 71.0 Å². The molecule has 2 aliphatic heterocycles. The van der Waals surface area contributed by atoms with E-state index in [1.54, 1.807) is 13.2 Å². The maximum Gasteiger partial charge on any atom is 0.325 e. The van der Waals surface area contributed by atoms with Crippen molar-refractivity contribution in [3.63, 3.8) is 0 Å². The Morgan fingerprint density at radius 1 is 1.15 bits per heavy atom. The van der Waals surface area contributed by atoms with E-state index in [2.05, 4.69) is 39.3 Å². The maximum absolute atomic E-state index is 13.6. The average Bonchev–Trinajstić information content (AvgIpc) is 3.49. The Morgan fingerprint density at radius 3 is 2.68 bits per heavy atom. The lowest BCUT2D eigenvalue weighted by Crippen LogP contribution is -2.45. The van der Waals surface area contributed by atoms with Gasteiger partial charge >= 0.3 is 6.03 Å². The summed E-state index contributed by atoms with van der Waals surface area (Å²) in [6, 6.07) is 15.6. The van der Waals surface area contributed by atoms with Crippen LogP contribution in [0.5, 0.6) is 5.75 Å². The third kappa shape index (κ3) is 5.34. The van der Waals surface area contributed by atoms with Crippen molar-refractivity contribution < 1.29 is 13.9 Å². The summed E-state index contributed by atoms with van der Waals surface area (Å²) in [6.45, 7) is 8.36. The lowest BCUT2D eigenvalue weighted by atomic mass is 9.74. The molecule has 0 atom stereocenters. The topological polar surface area (TPSA) is 69.7 Å². The third-order valence-electron chi connectivity index (χ3n) is 8.02. The summed E-state index contributed by atoms with van der Waals surface area (Å²) in [5.74, 6) is 1.04. The van der Waals surface area contributed by atoms with Gasteiger partial charge in [-0.15, -0.1) is 0 Å². The molecule has 3 heterocycles. The highest BCUT2D eigenvalue weighted by Crippen LogP contribution is 2.56. The molecule has 10 heteroatoms. The van der Waals surface area contributed by atoms with Crippen LogP contribution in [0.4, 0.5) is 31.4 Å². The molecule has 2 N–H and O–H groups in total. The van der Waals surface area contributed by atoms with Gasteiger partial charge in [-0.3, -0.25) is 5.32 Å². The summed E-state index contributed by atoms with van der Waals surface area (Å²) < 4.78 is 20.2. The minimum Gasteiger partial charge on any atom is -0.495 e. The Balaban J connectivity index is 1.30. The first kappa shape index (κ1) is 27.8. The standard InChI is InChI=1S/C31H33ClFN5O2S/c1-19(2)17-37-14-12-31(13-15-37)18-38(28-25(40-3)11-9-21(32)27(28)31)24-7-5-4-6-22(24)34-29(39)36-30-35-23-10-8-20(33)16-26(23)41-30/h4-11,16,19H,12-15,17-18H2,1-3H3,(H2,34,35,36,39). The number of fused-ring (bicyclic) bond motifs is 3. The van der Waals surface area contributed by atoms with Crippen molar-refractivity contribution in [1.29, 1.82) is 0 Å². The van der Waals surface area contributed by atoms with E-state index in [9.17, 15) is 9.18 Å². The predicted octanol–water partition coefficient (Wildman–Crippen LogP) is 7.88. The van der Waals surface area contributed by atoms with Gasteiger partial charge in [0.1, 0.15) is 11.6 Å². The largest absolute Gasteiger partial charge is 0.495 e. The number of aromatic nitrogens is 1. The molecule has 41 heavy (non-hydrogen) atoms. The normalized spacial score (nSPS) is 16.4. The number of carbonyl (C=O) groups excluding carboxylic acids is 1. The summed E-state index contributed by atoms with van der Waals surface area (Å²) in [5, 5.41) is 6.97. The number of piperidine rings is 1. The molecular formula is C31H33ClFN5O2S. The number of rotatable bonds is 6. The van der Waals surface area contributed by atoms with E-state index < -0.39 is 6.03 Å². The number of hydrogen-bond acceptors (Lipinski definition) is 6. The number of methoxy groups -OCH3 is 1. The van der Waals surface area contributed by atoms with Crippen molar-refractivity contribution in [1.82, 2.24) is 9.88 Å². The first-order valence-corrected chi connectivity index (χ1v) is 15.1. The number of benzene rings is 3. The molecule has 1 spiro atoms. The number of carbonyl (C=O) groups is 1. The van der Waals surface area contributed by atoms with E-state index in [-0.39, 0.29) is 11.2 Å². The third-order valence-corrected chi connectivity index (χ3v) is 9.27. The van der Waals surface area contributed by atoms with E-state index in [4.69, 9.17) is 16.3 Å². The van der Waals surface area contributed by atoms with Gasteiger partial charge in [-0.05, 0) is 74.3 Å². The van der Waals surface area contributed by atoms with E-state index >= 15 is 0 Å². The molecule has 214 valence electrons. The Labute approximate surface area is 248 Å². The number of amides is 2. The van der Waals surface area contributed by atoms with Gasteiger partial charge in [0.05, 0.1) is 34.4 Å². The molecule has 4 aromatic rings. The molecule has 0 bridgehead atoms. The van der Waals surface area contributed by atoms with E-state index in [0.717, 1.165) is 66.7 Å². The number of ether oxygens (including phenoxy) is 1. The summed E-state index contributed by atoms with van der Waals surface area (Å²) in [4.78, 5) is 22.3. The highest BCUT2D eigenvalue weighted by molar-refractivity contribution is 7.22. The number of para-hydroxylation sites is 2. The van der Waals surface area contributed by atoms with Gasteiger partial charge in [0, 0.05) is 29.1 Å². The summed E-state index contributed by atoms with van der Waals surface area (Å²) in [6.07, 6.45) is 1.98. The number of nitrogens with one attached hydrogen (secondary N) is 2. The molecule has 6 rings (SSSR count). The van der Waals surface area contributed by atoms with Crippen LogP contribution < -0.4 is 20.3 Å². The van der Waals surface area contributed by atoms with Crippen molar-refractivity contribution in [2.75, 3.05) is 48.8 Å². The zero-order chi connectivity index (χ0) is 28.7. The van der Waals surface area contributed by atoms with Crippen LogP contribution in [0.15, 0.2) is 54.6 Å². The van der Waals surface area contributed by atoms with Crippen LogP contribution in [0.3, 0.4) is 0 Å². The van der Waals surface area contributed by atoms with Crippen LogP contribution in [0.1, 0.15) is 32.3 Å². The van der Waals surface area contributed by atoms with Crippen molar-refractivity contribution in [2.45, 2.75) is 32.1 Å². The number of urea groups is 1. The number of anilines is 4. The van der Waals surface area contributed by atoms with Crippen molar-refractivity contribution in [3.8, 4) is 5.75 Å². The molecule has 7 nitrogen and oxygen atoms in total. The second kappa shape index (κ2) is 11.1. The lowest BCUT2D eigenvalue weighted by Gasteiger charge is -2.41. The maximum atomic E-state index is 13.6. The molecule has 3 aromatic carbocycles. The van der Waals surface area contributed by atoms with E-state index in [1.165, 1.54) is 23.5 Å². The van der Waals surface area contributed by atoms with Gasteiger partial charge in [0.25, 0.3) is 0 Å². The SMILES string of the molecule is COc1ccc(Cl)c2c1N(c1ccccc1NC(=O)Nc1nc3ccc(F)cc3s1)CC21CCN(CC(C)C)CC1. The van der Waals surface area contributed by atoms with Gasteiger partial charge in [-0.25, -0.2) is 14.2 Å². The quantitative estimate of drug-likeness (QED) is 0.238. The molecule has 1 aromatic heterocycles. The fourth-order valence-corrected chi connectivity index (χ4v) is 7.50. The molecular weight excluding hydrogens is 561 g/mol. The summed E-state index contributed by atoms with van der Waals surface area (Å²) in [5.41, 5.74) is 4.11. The van der Waals surface area contributed by atoms with Gasteiger partial charge in [0.2, 0.25) is 0 Å². The van der Waals surface area contributed by atoms with Crippen LogP contribution >= 0.6 is 22.9 Å². The average molecular weight is 594 g/mol. The molecule has 2 aliphatic rings. The van der Waals surface area contributed by atoms with Gasteiger partial charge in [-0.2, -0.15) is 0 Å². The van der Waals surface area contributed by atoms with Gasteiger partial charge < -0.3 is 19.9 Å². The number of hydrogen-bond donors (Lipinski definition) is 2. The molecule has 1 saturated heterocycles. The van der Waals surface area contributed by atoms with Crippen LogP contribution in [0.2, 0.25) is 5.02 Å². The number of halogens is 2. The number of nitrogens with zero attached hydrogens (tertiary/aromatic N) is 3. The molecule has 1 fully saturated rings. The fraction of sp³-hybridized carbons (Fsp3) is 0.355. The minimum atomic E-state index is -0.425. The lowest BCUT2D eigenvalue weighted by molar-refractivity contribution is 0.153. The molecule has 0 aliphatic carbocycles. The minimum absolute atomic E-state index is 0.125. The second-order valence-electron chi connectivity index (χ2n) is 11.3. The summed E-state index contributed by atoms with van der Waals surface area (Å²) in [7, 11) is 1.68. The Hall–Kier alpha value is -3.40. The van der Waals surface area contributed by atoms with Crippen LogP contribution in [0, 0.1) is 11.7 Å². The van der Waals surface area contributed by atoms with Crippen molar-refractivity contribution in [2.24, 2.45) is 5.92 Å². The monoisotopic (exact) mass is 593 g/mol. The Morgan fingerprint density at radius 2 is 1.93 bits per heavy atom. The smallest absolute Gasteiger partial charge is 0.325 e. The Bertz CT molecular complexity index is 1600. The van der Waals surface area contributed by atoms with E-state index in [1.807, 2.05) is 36.4 Å². The van der Waals surface area contributed by atoms with Crippen molar-refractivity contribution >= 4 is 61.4 Å². The fourth-order valence-electron chi connectivity index (χ4n) is 6.26. The molecule has 0 radical (unpaired) electrons. The van der Waals surface area contributed by atoms with Crippen LogP contribution in [-0.4, -0.2) is 49.2 Å². The number of thiazole rings is 1. The molecule has 0 saturated carbocycles. The predicted molar refractivity (Wildman–Crippen MR) is 166 cm³/mol. The van der Waals surface area contributed by atoms with E-state index in [0.29, 0.717) is 27.0 Å². The van der Waals surface area contributed by atoms with Gasteiger partial charge in [-0.1, -0.05) is 48.9 Å². The first-order chi connectivity index (χ1) is 19.8. The highest BCUT2D eigenvalue weighted by Gasteiger charge is 2.48. The zero-order valence-electron chi connectivity index (χ0n) is 23.3. The summed E-state index contributed by atoms with van der Waals surface area (Å²) >= 11 is 8.17. The second-order valence-corrected chi connectivity index (χ2v) is 12.7. The van der Waals surface area contributed by atoms with Crippen LogP contribution in [0.25, 0.3) is 10.2 Å². The Kier molecular flexibility index (Phi) is 7.52. The zero-order valence-corrected chi connectivity index (χ0v) is 24.9. The number of likely N-dealkylation sites (tertiary alicyclic amines) is 1. The highest BCUT2D eigenvalue weighted by atomic mass is 35.5. The molecule has 0 unspecified atom stereocenters.